The number of thiazole rings is 1. The molecule has 8 heteroatoms. The average Bonchev–Trinajstić information content (AvgIpc) is 3.07. The van der Waals surface area contributed by atoms with E-state index in [0.29, 0.717) is 23.8 Å². The van der Waals surface area contributed by atoms with E-state index < -0.39 is 18.0 Å². The minimum atomic E-state index is -1.12. The Balaban J connectivity index is 3.03. The topological polar surface area (TPSA) is 96.8 Å². The van der Waals surface area contributed by atoms with Crippen molar-refractivity contribution < 1.29 is 24.2 Å². The number of ether oxygens (including phenoxy) is 1. The molecule has 1 N–H and O–H groups in total. The molecule has 0 aliphatic rings. The molecule has 1 amide bonds. The molecule has 0 saturated heterocycles. The molecule has 152 valence electrons. The number of nitrogens with zero attached hydrogens (tertiary/aromatic N) is 2. The number of carboxylic acid groups (broad SMARTS) is 1. The molecule has 1 heterocycles. The lowest BCUT2D eigenvalue weighted by Crippen LogP contribution is -2.42. The van der Waals surface area contributed by atoms with E-state index in [1.54, 1.807) is 11.9 Å². The zero-order valence-corrected chi connectivity index (χ0v) is 17.7. The second-order valence-corrected chi connectivity index (χ2v) is 8.13. The summed E-state index contributed by atoms with van der Waals surface area (Å²) >= 11 is 1.14. The number of rotatable bonds is 10. The maximum Gasteiger partial charge on any atom is 0.355 e. The van der Waals surface area contributed by atoms with Gasteiger partial charge in [-0.15, -0.1) is 11.3 Å². The van der Waals surface area contributed by atoms with E-state index in [2.05, 4.69) is 11.9 Å². The standard InChI is InChI=1S/C19H30N2O5S/c1-7-12(4)8-17(23)21(6)15(11(2)3)9-16(26-13(5)22)18-20-14(10-27-18)19(24)25/h10-12,15-16H,7-9H2,1-6H3,(H,24,25)/t12-,15+,16+/m0/s1. The highest BCUT2D eigenvalue weighted by Gasteiger charge is 2.30. The molecule has 0 aliphatic heterocycles. The van der Waals surface area contributed by atoms with Crippen LogP contribution in [0.3, 0.4) is 0 Å². The molecule has 0 bridgehead atoms. The van der Waals surface area contributed by atoms with E-state index in [1.165, 1.54) is 12.3 Å². The van der Waals surface area contributed by atoms with Crippen molar-refractivity contribution in [3.8, 4) is 0 Å². The summed E-state index contributed by atoms with van der Waals surface area (Å²) in [6.07, 6.45) is 1.08. The van der Waals surface area contributed by atoms with Crippen molar-refractivity contribution in [2.75, 3.05) is 7.05 Å². The average molecular weight is 399 g/mol. The molecule has 1 aromatic heterocycles. The van der Waals surface area contributed by atoms with Gasteiger partial charge in [0.1, 0.15) is 5.01 Å². The first kappa shape index (κ1) is 23.1. The Labute approximate surface area is 164 Å². The summed E-state index contributed by atoms with van der Waals surface area (Å²) < 4.78 is 5.42. The lowest BCUT2D eigenvalue weighted by Gasteiger charge is -2.34. The van der Waals surface area contributed by atoms with Crippen molar-refractivity contribution in [1.29, 1.82) is 0 Å². The molecular weight excluding hydrogens is 368 g/mol. The summed E-state index contributed by atoms with van der Waals surface area (Å²) in [7, 11) is 1.77. The number of aromatic carboxylic acids is 1. The number of carboxylic acids is 1. The Hall–Kier alpha value is -1.96. The van der Waals surface area contributed by atoms with Crippen LogP contribution in [0.2, 0.25) is 0 Å². The fraction of sp³-hybridized carbons (Fsp3) is 0.684. The number of carbonyl (C=O) groups is 3. The van der Waals surface area contributed by atoms with Gasteiger partial charge in [-0.1, -0.05) is 34.1 Å². The molecule has 3 atom stereocenters. The van der Waals surface area contributed by atoms with Crippen LogP contribution in [0.15, 0.2) is 5.38 Å². The van der Waals surface area contributed by atoms with Crippen molar-refractivity contribution in [2.24, 2.45) is 11.8 Å². The Kier molecular flexibility index (Phi) is 8.88. The molecule has 0 unspecified atom stereocenters. The summed E-state index contributed by atoms with van der Waals surface area (Å²) in [6, 6.07) is -0.164. The fourth-order valence-corrected chi connectivity index (χ4v) is 3.63. The molecule has 0 aliphatic carbocycles. The predicted molar refractivity (Wildman–Crippen MR) is 104 cm³/mol. The normalized spacial score (nSPS) is 14.5. The van der Waals surface area contributed by atoms with Gasteiger partial charge in [-0.25, -0.2) is 9.78 Å². The van der Waals surface area contributed by atoms with Crippen LogP contribution >= 0.6 is 11.3 Å². The van der Waals surface area contributed by atoms with Crippen LogP contribution in [0.25, 0.3) is 0 Å². The van der Waals surface area contributed by atoms with Crippen LogP contribution in [-0.4, -0.2) is 45.9 Å². The minimum Gasteiger partial charge on any atom is -0.476 e. The molecule has 1 rings (SSSR count). The second-order valence-electron chi connectivity index (χ2n) is 7.24. The van der Waals surface area contributed by atoms with Gasteiger partial charge >= 0.3 is 11.9 Å². The van der Waals surface area contributed by atoms with Crippen molar-refractivity contribution in [3.05, 3.63) is 16.1 Å². The van der Waals surface area contributed by atoms with Gasteiger partial charge in [0.2, 0.25) is 5.91 Å². The smallest absolute Gasteiger partial charge is 0.355 e. The number of esters is 1. The van der Waals surface area contributed by atoms with Crippen LogP contribution in [0.5, 0.6) is 0 Å². The van der Waals surface area contributed by atoms with Crippen molar-refractivity contribution in [1.82, 2.24) is 9.88 Å². The molecule has 0 aromatic carbocycles. The zero-order valence-electron chi connectivity index (χ0n) is 16.9. The highest BCUT2D eigenvalue weighted by atomic mass is 32.1. The third-order valence-electron chi connectivity index (χ3n) is 4.66. The van der Waals surface area contributed by atoms with E-state index >= 15 is 0 Å². The van der Waals surface area contributed by atoms with E-state index in [0.717, 1.165) is 17.8 Å². The van der Waals surface area contributed by atoms with Crippen LogP contribution in [0, 0.1) is 11.8 Å². The quantitative estimate of drug-likeness (QED) is 0.603. The van der Waals surface area contributed by atoms with E-state index in [9.17, 15) is 14.4 Å². The third kappa shape index (κ3) is 6.93. The van der Waals surface area contributed by atoms with Gasteiger partial charge in [-0.3, -0.25) is 9.59 Å². The second kappa shape index (κ2) is 10.4. The minimum absolute atomic E-state index is 0.0509. The third-order valence-corrected chi connectivity index (χ3v) is 5.60. The molecular formula is C19H30N2O5S. The first-order valence-corrected chi connectivity index (χ1v) is 10.1. The largest absolute Gasteiger partial charge is 0.476 e. The summed E-state index contributed by atoms with van der Waals surface area (Å²) in [5.41, 5.74) is -0.0746. The van der Waals surface area contributed by atoms with Gasteiger partial charge in [-0.2, -0.15) is 0 Å². The van der Waals surface area contributed by atoms with Crippen LogP contribution in [0.1, 0.15) is 75.5 Å². The molecule has 1 aromatic rings. The van der Waals surface area contributed by atoms with Crippen molar-refractivity contribution in [2.45, 2.75) is 66.0 Å². The van der Waals surface area contributed by atoms with Crippen LogP contribution < -0.4 is 0 Å². The lowest BCUT2D eigenvalue weighted by molar-refractivity contribution is -0.148. The SMILES string of the molecule is CC[C@H](C)CC(=O)N(C)[C@H](C[C@@H](OC(C)=O)c1nc(C(=O)O)cs1)C(C)C. The Morgan fingerprint density at radius 3 is 2.37 bits per heavy atom. The molecule has 0 spiro atoms. The van der Waals surface area contributed by atoms with Gasteiger partial charge in [0.25, 0.3) is 0 Å². The Morgan fingerprint density at radius 2 is 1.93 bits per heavy atom. The van der Waals surface area contributed by atoms with Gasteiger partial charge in [0.05, 0.1) is 0 Å². The summed E-state index contributed by atoms with van der Waals surface area (Å²) in [4.78, 5) is 41.1. The first-order valence-electron chi connectivity index (χ1n) is 9.18. The molecule has 0 saturated carbocycles. The van der Waals surface area contributed by atoms with E-state index in [4.69, 9.17) is 9.84 Å². The van der Waals surface area contributed by atoms with Crippen molar-refractivity contribution in [3.63, 3.8) is 0 Å². The van der Waals surface area contributed by atoms with Crippen molar-refractivity contribution >= 4 is 29.2 Å². The molecule has 7 nitrogen and oxygen atoms in total. The highest BCUT2D eigenvalue weighted by molar-refractivity contribution is 7.09. The lowest BCUT2D eigenvalue weighted by atomic mass is 9.95. The summed E-state index contributed by atoms with van der Waals surface area (Å²) in [5, 5.41) is 10.9. The van der Waals surface area contributed by atoms with E-state index in [-0.39, 0.29) is 23.6 Å². The predicted octanol–water partition coefficient (Wildman–Crippen LogP) is 3.75. The van der Waals surface area contributed by atoms with Gasteiger partial charge in [0.15, 0.2) is 11.8 Å². The number of hydrogen-bond donors (Lipinski definition) is 1. The summed E-state index contributed by atoms with van der Waals surface area (Å²) in [6.45, 7) is 9.42. The van der Waals surface area contributed by atoms with Crippen LogP contribution in [-0.2, 0) is 14.3 Å². The zero-order chi connectivity index (χ0) is 20.7. The fourth-order valence-electron chi connectivity index (χ4n) is 2.80. The van der Waals surface area contributed by atoms with E-state index in [1.807, 2.05) is 20.8 Å². The maximum atomic E-state index is 12.6. The van der Waals surface area contributed by atoms with Gasteiger partial charge in [0, 0.05) is 38.2 Å². The highest BCUT2D eigenvalue weighted by Crippen LogP contribution is 2.30. The molecule has 0 radical (unpaired) electrons. The molecule has 27 heavy (non-hydrogen) atoms. The number of carbonyl (C=O) groups excluding carboxylic acids is 2. The number of hydrogen-bond acceptors (Lipinski definition) is 6. The van der Waals surface area contributed by atoms with Gasteiger partial charge in [-0.05, 0) is 11.8 Å². The number of amides is 1. The first-order chi connectivity index (χ1) is 12.6. The maximum absolute atomic E-state index is 12.6. The molecule has 0 fully saturated rings. The summed E-state index contributed by atoms with van der Waals surface area (Å²) in [5.74, 6) is -1.11. The van der Waals surface area contributed by atoms with Gasteiger partial charge < -0.3 is 14.7 Å². The monoisotopic (exact) mass is 398 g/mol. The Bertz CT molecular complexity index is 658. The number of aromatic nitrogens is 1. The Morgan fingerprint density at radius 1 is 1.30 bits per heavy atom. The van der Waals surface area contributed by atoms with Crippen LogP contribution in [0.4, 0.5) is 0 Å².